The van der Waals surface area contributed by atoms with Crippen molar-refractivity contribution in [2.24, 2.45) is 0 Å². The molecule has 6 nitrogen and oxygen atoms in total. The molecule has 2 N–H and O–H groups in total. The van der Waals surface area contributed by atoms with Crippen LogP contribution in [0.4, 0.5) is 0 Å². The molecule has 41 heavy (non-hydrogen) atoms. The third-order valence-corrected chi connectivity index (χ3v) is 9.23. The van der Waals surface area contributed by atoms with Crippen molar-refractivity contribution in [2.45, 2.75) is 57.7 Å². The van der Waals surface area contributed by atoms with E-state index in [9.17, 15) is 9.59 Å². The Morgan fingerprint density at radius 3 is 2.54 bits per heavy atom. The smallest absolute Gasteiger partial charge is 0.251 e. The SMILES string of the molecule is Cc1ccc2cc(C(=O)NCC3CCN(Cc4cc(Cl)cc(Cl)c4Cl)C(=O)C(CCN4CCCCC4)N3)ccc2c1. The number of likely N-dealkylation sites (tertiary alicyclic amines) is 1. The van der Waals surface area contributed by atoms with E-state index in [1.165, 1.54) is 24.8 Å². The van der Waals surface area contributed by atoms with E-state index >= 15 is 0 Å². The summed E-state index contributed by atoms with van der Waals surface area (Å²) >= 11 is 19.0. The number of hydrogen-bond acceptors (Lipinski definition) is 4. The van der Waals surface area contributed by atoms with Crippen molar-refractivity contribution in [3.63, 3.8) is 0 Å². The van der Waals surface area contributed by atoms with Gasteiger partial charge in [0.25, 0.3) is 5.91 Å². The largest absolute Gasteiger partial charge is 0.350 e. The quantitative estimate of drug-likeness (QED) is 0.285. The lowest BCUT2D eigenvalue weighted by molar-refractivity contribution is -0.133. The summed E-state index contributed by atoms with van der Waals surface area (Å²) in [4.78, 5) is 31.2. The first-order valence-corrected chi connectivity index (χ1v) is 15.6. The summed E-state index contributed by atoms with van der Waals surface area (Å²) in [6, 6.07) is 15.0. The molecule has 0 aromatic heterocycles. The van der Waals surface area contributed by atoms with Gasteiger partial charge in [-0.25, -0.2) is 0 Å². The molecule has 2 aliphatic heterocycles. The minimum atomic E-state index is -0.362. The summed E-state index contributed by atoms with van der Waals surface area (Å²) in [5, 5.41) is 10.1. The van der Waals surface area contributed by atoms with Gasteiger partial charge in [-0.3, -0.25) is 9.59 Å². The van der Waals surface area contributed by atoms with Gasteiger partial charge in [-0.2, -0.15) is 0 Å². The van der Waals surface area contributed by atoms with E-state index < -0.39 is 0 Å². The zero-order valence-corrected chi connectivity index (χ0v) is 25.7. The van der Waals surface area contributed by atoms with E-state index in [0.717, 1.165) is 36.0 Å². The van der Waals surface area contributed by atoms with Gasteiger partial charge >= 0.3 is 0 Å². The summed E-state index contributed by atoms with van der Waals surface area (Å²) in [6.45, 7) is 6.35. The molecule has 0 radical (unpaired) electrons. The molecule has 2 amide bonds. The first kappa shape index (κ1) is 30.1. The fraction of sp³-hybridized carbons (Fsp3) is 0.438. The number of aryl methyl sites for hydroxylation is 1. The number of amides is 2. The van der Waals surface area contributed by atoms with Gasteiger partial charge in [-0.05, 0) is 86.3 Å². The highest BCUT2D eigenvalue weighted by Crippen LogP contribution is 2.31. The Morgan fingerprint density at radius 1 is 0.976 bits per heavy atom. The highest BCUT2D eigenvalue weighted by atomic mass is 35.5. The molecule has 2 atom stereocenters. The predicted molar refractivity (Wildman–Crippen MR) is 168 cm³/mol. The van der Waals surface area contributed by atoms with Crippen LogP contribution in [0.25, 0.3) is 10.8 Å². The van der Waals surface area contributed by atoms with Crippen LogP contribution < -0.4 is 10.6 Å². The number of nitrogens with zero attached hydrogens (tertiary/aromatic N) is 2. The normalized spacial score (nSPS) is 20.3. The fourth-order valence-corrected chi connectivity index (χ4v) is 6.56. The van der Waals surface area contributed by atoms with E-state index in [1.807, 2.05) is 29.2 Å². The van der Waals surface area contributed by atoms with Crippen LogP contribution in [0.2, 0.25) is 15.1 Å². The number of rotatable bonds is 8. The highest BCUT2D eigenvalue weighted by molar-refractivity contribution is 6.43. The molecule has 2 heterocycles. The number of halogens is 3. The Labute approximate surface area is 257 Å². The third-order valence-electron chi connectivity index (χ3n) is 8.17. The number of benzene rings is 3. The highest BCUT2D eigenvalue weighted by Gasteiger charge is 2.32. The van der Waals surface area contributed by atoms with Crippen LogP contribution >= 0.6 is 34.8 Å². The van der Waals surface area contributed by atoms with Gasteiger partial charge in [0.1, 0.15) is 0 Å². The van der Waals surface area contributed by atoms with Crippen LogP contribution in [0.3, 0.4) is 0 Å². The predicted octanol–water partition coefficient (Wildman–Crippen LogP) is 6.47. The summed E-state index contributed by atoms with van der Waals surface area (Å²) < 4.78 is 0. The summed E-state index contributed by atoms with van der Waals surface area (Å²) in [7, 11) is 0. The number of nitrogens with one attached hydrogen (secondary N) is 2. The average Bonchev–Trinajstić information content (AvgIpc) is 3.11. The average molecular weight is 616 g/mol. The van der Waals surface area contributed by atoms with Crippen LogP contribution in [0.15, 0.2) is 48.5 Å². The Kier molecular flexibility index (Phi) is 10.1. The van der Waals surface area contributed by atoms with Crippen LogP contribution in [-0.2, 0) is 11.3 Å². The topological polar surface area (TPSA) is 64.7 Å². The maximum atomic E-state index is 13.8. The van der Waals surface area contributed by atoms with Crippen LogP contribution in [-0.4, -0.2) is 66.4 Å². The minimum Gasteiger partial charge on any atom is -0.350 e. The van der Waals surface area contributed by atoms with Gasteiger partial charge in [0.15, 0.2) is 0 Å². The molecule has 2 aliphatic rings. The second-order valence-electron chi connectivity index (χ2n) is 11.3. The number of carbonyl (C=O) groups excluding carboxylic acids is 2. The zero-order valence-electron chi connectivity index (χ0n) is 23.4. The lowest BCUT2D eigenvalue weighted by Gasteiger charge is -2.30. The van der Waals surface area contributed by atoms with Crippen LogP contribution in [0.1, 0.15) is 53.6 Å². The van der Waals surface area contributed by atoms with Gasteiger partial charge in [0.05, 0.1) is 16.1 Å². The molecule has 3 aromatic rings. The lowest BCUT2D eigenvalue weighted by atomic mass is 10.0. The van der Waals surface area contributed by atoms with Crippen molar-refractivity contribution in [1.29, 1.82) is 0 Å². The Bertz CT molecular complexity index is 1410. The van der Waals surface area contributed by atoms with Crippen molar-refractivity contribution in [2.75, 3.05) is 32.7 Å². The van der Waals surface area contributed by atoms with Crippen LogP contribution in [0, 0.1) is 6.92 Å². The molecule has 2 fully saturated rings. The molecular weight excluding hydrogens is 579 g/mol. The molecular formula is C32H37Cl3N4O2. The zero-order chi connectivity index (χ0) is 28.9. The lowest BCUT2D eigenvalue weighted by Crippen LogP contribution is -2.50. The van der Waals surface area contributed by atoms with E-state index in [-0.39, 0.29) is 23.9 Å². The van der Waals surface area contributed by atoms with Gasteiger partial charge in [0, 0.05) is 42.8 Å². The minimum absolute atomic E-state index is 0.0350. The Balaban J connectivity index is 1.28. The molecule has 2 saturated heterocycles. The number of hydrogen-bond donors (Lipinski definition) is 2. The molecule has 218 valence electrons. The molecule has 3 aromatic carbocycles. The molecule has 2 unspecified atom stereocenters. The van der Waals surface area contributed by atoms with Gasteiger partial charge in [0.2, 0.25) is 5.91 Å². The first-order valence-electron chi connectivity index (χ1n) is 14.5. The maximum absolute atomic E-state index is 13.8. The third kappa shape index (κ3) is 7.74. The van der Waals surface area contributed by atoms with E-state index in [4.69, 9.17) is 34.8 Å². The number of piperidine rings is 1. The summed E-state index contributed by atoms with van der Waals surface area (Å²) in [5.74, 6) is -0.0836. The van der Waals surface area contributed by atoms with Gasteiger partial charge in [-0.1, -0.05) is 71.1 Å². The van der Waals surface area contributed by atoms with E-state index in [0.29, 0.717) is 53.1 Å². The molecule has 0 bridgehead atoms. The van der Waals surface area contributed by atoms with E-state index in [2.05, 4.69) is 34.6 Å². The molecule has 0 saturated carbocycles. The standard InChI is InChI=1S/C32H37Cl3N4O2/c1-21-5-6-23-16-24(8-7-22(23)15-21)31(40)36-19-27-9-14-39(20-25-17-26(33)18-28(34)30(25)35)32(41)29(37-27)10-13-38-11-3-2-4-12-38/h5-8,15-18,27,29,37H,2-4,9-14,19-20H2,1H3,(H,36,40). The number of carbonyl (C=O) groups is 2. The molecule has 0 spiro atoms. The second kappa shape index (κ2) is 13.7. The van der Waals surface area contributed by atoms with Crippen molar-refractivity contribution >= 4 is 57.4 Å². The number of fused-ring (bicyclic) bond motifs is 1. The summed E-state index contributed by atoms with van der Waals surface area (Å²) in [6.07, 6.45) is 5.07. The van der Waals surface area contributed by atoms with Gasteiger partial charge in [-0.15, -0.1) is 0 Å². The van der Waals surface area contributed by atoms with Crippen molar-refractivity contribution in [3.05, 3.63) is 80.3 Å². The summed E-state index contributed by atoms with van der Waals surface area (Å²) in [5.41, 5.74) is 2.54. The Hall–Kier alpha value is -2.35. The molecule has 0 aliphatic carbocycles. The Morgan fingerprint density at radius 2 is 1.73 bits per heavy atom. The second-order valence-corrected chi connectivity index (χ2v) is 12.5. The molecule has 5 rings (SSSR count). The van der Waals surface area contributed by atoms with Crippen LogP contribution in [0.5, 0.6) is 0 Å². The van der Waals surface area contributed by atoms with Crippen molar-refractivity contribution in [1.82, 2.24) is 20.4 Å². The van der Waals surface area contributed by atoms with Gasteiger partial charge < -0.3 is 20.4 Å². The van der Waals surface area contributed by atoms with E-state index in [1.54, 1.807) is 12.1 Å². The monoisotopic (exact) mass is 614 g/mol. The molecule has 9 heteroatoms. The first-order chi connectivity index (χ1) is 19.8. The van der Waals surface area contributed by atoms with Crippen molar-refractivity contribution < 1.29 is 9.59 Å². The van der Waals surface area contributed by atoms with Crippen molar-refractivity contribution in [3.8, 4) is 0 Å². The maximum Gasteiger partial charge on any atom is 0.251 e. The fourth-order valence-electron chi connectivity index (χ4n) is 5.86.